The Kier molecular flexibility index (Phi) is 22.8. The SMILES string of the molecule is C[C@@H](O)COC[C@H]1O[C@@H]2O[C@H]3[C@@H](O)[C@@H](O)[C@@H](O[C@H]4[C@H](O)[C@H](O)[C@@H](O[C@H]5[C@H](O)[C@@H](O)[C@@H](O[C@H]6[C@H](O)[C@@H](O)[C@@H](O[C@H]7[C@H](O)[C@@H](O)[C@@H](O[C@H]8[C@H](O)[C@@H](O)[C@@H](O[C@H]1[C@H](O)[C@H]2O)O[C@@H]8CO)O[C@@H]7CO)O[C@@H]6CO)O[C@@H]5CO)O[C@@H]4CO)O[C@@H]3CO. The molecule has 21 heterocycles. The van der Waals surface area contributed by atoms with E-state index in [-0.39, 0.29) is 6.61 Å². The van der Waals surface area contributed by atoms with E-state index in [1.54, 1.807) is 0 Å². The lowest BCUT2D eigenvalue weighted by atomic mass is 9.95. The summed E-state index contributed by atoms with van der Waals surface area (Å²) in [5, 5.41) is 232. The normalized spacial score (nSPS) is 53.6. The first kappa shape index (κ1) is 65.5. The fourth-order valence-electron chi connectivity index (χ4n) is 10.8. The molecule has 21 saturated heterocycles. The van der Waals surface area contributed by atoms with E-state index in [4.69, 9.17) is 71.1 Å². The monoisotopic (exact) mass is 1190 g/mol. The zero-order chi connectivity index (χ0) is 59.0. The molecule has 0 saturated carbocycles. The predicted molar refractivity (Wildman–Crippen MR) is 244 cm³/mol. The van der Waals surface area contributed by atoms with Gasteiger partial charge < -0.3 is 178 Å². The molecule has 36 atom stereocenters. The summed E-state index contributed by atoms with van der Waals surface area (Å²) in [5.74, 6) is 0. The van der Waals surface area contributed by atoms with Gasteiger partial charge in [-0.05, 0) is 6.92 Å². The topological polar surface area (TPSA) is 563 Å². The third-order valence-electron chi connectivity index (χ3n) is 15.2. The van der Waals surface area contributed by atoms with Gasteiger partial charge in [-0.25, -0.2) is 0 Å². The Labute approximate surface area is 458 Å². The third kappa shape index (κ3) is 13.5. The van der Waals surface area contributed by atoms with Gasteiger partial charge in [0.2, 0.25) is 0 Å². The first-order valence-corrected chi connectivity index (χ1v) is 26.1. The highest BCUT2D eigenvalue weighted by atomic mass is 16.8. The Morgan fingerprint density at radius 2 is 0.420 bits per heavy atom. The fraction of sp³-hybridized carbons (Fsp3) is 1.00. The average molecular weight is 1190 g/mol. The number of rotatable bonds is 10. The van der Waals surface area contributed by atoms with Gasteiger partial charge in [-0.1, -0.05) is 0 Å². The average Bonchev–Trinajstić information content (AvgIpc) is 3.45. The van der Waals surface area contributed by atoms with Crippen molar-refractivity contribution in [2.24, 2.45) is 0 Å². The van der Waals surface area contributed by atoms with Crippen LogP contribution >= 0.6 is 0 Å². The van der Waals surface area contributed by atoms with Crippen molar-refractivity contribution < 1.29 is 178 Å². The van der Waals surface area contributed by atoms with Crippen LogP contribution < -0.4 is 0 Å². The van der Waals surface area contributed by atoms with Gasteiger partial charge in [0.1, 0.15) is 171 Å². The highest BCUT2D eigenvalue weighted by Gasteiger charge is 2.59. The second-order valence-electron chi connectivity index (χ2n) is 20.9. The molecule has 0 aromatic carbocycles. The number of aliphatic hydroxyl groups is 21. The van der Waals surface area contributed by atoms with Gasteiger partial charge in [-0.2, -0.15) is 0 Å². The molecule has 21 aliphatic heterocycles. The second kappa shape index (κ2) is 28.2. The molecule has 21 rings (SSSR count). The minimum atomic E-state index is -2.22. The van der Waals surface area contributed by atoms with Crippen LogP contribution in [0.2, 0.25) is 0 Å². The quantitative estimate of drug-likeness (QED) is 0.0966. The summed E-state index contributed by atoms with van der Waals surface area (Å²) < 4.78 is 86.0. The van der Waals surface area contributed by atoms with Gasteiger partial charge in [0.25, 0.3) is 0 Å². The van der Waals surface area contributed by atoms with Gasteiger partial charge in [0.05, 0.1) is 59.0 Å². The summed E-state index contributed by atoms with van der Waals surface area (Å²) in [7, 11) is 0. The Balaban J connectivity index is 1.09. The van der Waals surface area contributed by atoms with E-state index >= 15 is 0 Å². The fourth-order valence-corrected chi connectivity index (χ4v) is 10.8. The Hall–Kier alpha value is -1.44. The summed E-state index contributed by atoms with van der Waals surface area (Å²) in [6, 6.07) is 0. The summed E-state index contributed by atoms with van der Waals surface area (Å²) in [6.07, 6.45) is -71.3. The van der Waals surface area contributed by atoms with Crippen molar-refractivity contribution in [2.45, 2.75) is 228 Å². The van der Waals surface area contributed by atoms with E-state index in [0.29, 0.717) is 0 Å². The minimum absolute atomic E-state index is 0.359. The molecule has 0 amide bonds. The maximum Gasteiger partial charge on any atom is 0.187 e. The molecule has 472 valence electrons. The Morgan fingerprint density at radius 3 is 0.580 bits per heavy atom. The molecular weight excluding hydrogens is 1120 g/mol. The Bertz CT molecular complexity index is 1900. The number of aliphatic hydroxyl groups excluding tert-OH is 21. The van der Waals surface area contributed by atoms with Crippen LogP contribution in [0.3, 0.4) is 0 Å². The van der Waals surface area contributed by atoms with Crippen LogP contribution in [0.25, 0.3) is 0 Å². The summed E-state index contributed by atoms with van der Waals surface area (Å²) in [5.41, 5.74) is 0. The maximum absolute atomic E-state index is 11.6. The lowest BCUT2D eigenvalue weighted by molar-refractivity contribution is -0.397. The van der Waals surface area contributed by atoms with E-state index in [9.17, 15) is 107 Å². The maximum atomic E-state index is 11.6. The third-order valence-corrected chi connectivity index (χ3v) is 15.2. The second-order valence-corrected chi connectivity index (χ2v) is 20.9. The molecule has 0 aromatic rings. The van der Waals surface area contributed by atoms with Crippen molar-refractivity contribution in [3.63, 3.8) is 0 Å². The van der Waals surface area contributed by atoms with Gasteiger partial charge in [-0.15, -0.1) is 0 Å². The standard InChI is InChI=1S/C45H76O36/c1-10(52)8-67-9-17-38-24(59)31(66)45(74-17)80-37-16(7-51)72-43(29(64)22(37)57)78-35-14(5-49)70-41(27(62)20(35)55)76-33-12(3-47)68-39(25(60)18(33)53)75-32-11(2-46)69-40(26(61)19(32)54)77-34-13(4-48)71-42(28(63)21(34)56)79-36-15(6-50)73-44(81-38)30(65)23(36)58/h10-66H,2-9H2,1H3/t10-,11-,12-,13-,14-,15-,16-,17-,18-,19-,20-,21-,22+,23-,24-,25-,26-,27+,28-,29-,30-,31-,32-,33-,34-,35-,36-,37-,38-,39-,40-,41-,42-,43-,44-,45-/m1/s1. The predicted octanol–water partition coefficient (Wildman–Crippen LogP) is -14.8. The van der Waals surface area contributed by atoms with E-state index in [0.717, 1.165) is 0 Å². The molecule has 36 heteroatoms. The van der Waals surface area contributed by atoms with Crippen LogP contribution in [0.15, 0.2) is 0 Å². The number of hydrogen-bond donors (Lipinski definition) is 21. The minimum Gasteiger partial charge on any atom is -0.394 e. The van der Waals surface area contributed by atoms with Crippen LogP contribution in [-0.4, -0.2) is 381 Å². The first-order valence-electron chi connectivity index (χ1n) is 26.1. The largest absolute Gasteiger partial charge is 0.394 e. The molecule has 21 aliphatic rings. The van der Waals surface area contributed by atoms with Crippen molar-refractivity contribution in [2.75, 3.05) is 52.9 Å². The van der Waals surface area contributed by atoms with Crippen molar-refractivity contribution in [3.8, 4) is 0 Å². The van der Waals surface area contributed by atoms with Crippen molar-refractivity contribution in [1.29, 1.82) is 0 Å². The van der Waals surface area contributed by atoms with Gasteiger partial charge >= 0.3 is 0 Å². The lowest BCUT2D eigenvalue weighted by Gasteiger charge is -2.50. The highest BCUT2D eigenvalue weighted by Crippen LogP contribution is 2.39. The number of hydrogen-bond acceptors (Lipinski definition) is 36. The molecule has 21 N–H and O–H groups in total. The van der Waals surface area contributed by atoms with E-state index < -0.39 is 267 Å². The highest BCUT2D eigenvalue weighted by molar-refractivity contribution is 5.02. The van der Waals surface area contributed by atoms with E-state index in [2.05, 4.69) is 0 Å². The molecule has 0 radical (unpaired) electrons. The molecule has 36 nitrogen and oxygen atoms in total. The van der Waals surface area contributed by atoms with Crippen LogP contribution in [0, 0.1) is 0 Å². The van der Waals surface area contributed by atoms with Crippen LogP contribution in [-0.2, 0) is 71.1 Å². The van der Waals surface area contributed by atoms with Crippen LogP contribution in [0.5, 0.6) is 0 Å². The zero-order valence-corrected chi connectivity index (χ0v) is 43.0. The molecular formula is C45H76O36. The van der Waals surface area contributed by atoms with Gasteiger partial charge in [0.15, 0.2) is 44.0 Å². The van der Waals surface area contributed by atoms with Crippen molar-refractivity contribution in [3.05, 3.63) is 0 Å². The molecule has 14 bridgehead atoms. The number of ether oxygens (including phenoxy) is 15. The van der Waals surface area contributed by atoms with Crippen LogP contribution in [0.4, 0.5) is 0 Å². The molecule has 0 aliphatic carbocycles. The van der Waals surface area contributed by atoms with Crippen molar-refractivity contribution in [1.82, 2.24) is 0 Å². The van der Waals surface area contributed by atoms with Gasteiger partial charge in [-0.3, -0.25) is 0 Å². The Morgan fingerprint density at radius 1 is 0.259 bits per heavy atom. The summed E-state index contributed by atoms with van der Waals surface area (Å²) in [4.78, 5) is 0. The van der Waals surface area contributed by atoms with E-state index in [1.807, 2.05) is 0 Å². The molecule has 0 spiro atoms. The zero-order valence-electron chi connectivity index (χ0n) is 43.0. The van der Waals surface area contributed by atoms with Gasteiger partial charge in [0, 0.05) is 0 Å². The molecule has 81 heavy (non-hydrogen) atoms. The summed E-state index contributed by atoms with van der Waals surface area (Å²) in [6.45, 7) is -5.92. The van der Waals surface area contributed by atoms with Crippen LogP contribution in [0.1, 0.15) is 6.92 Å². The van der Waals surface area contributed by atoms with E-state index in [1.165, 1.54) is 6.92 Å². The molecule has 0 unspecified atom stereocenters. The van der Waals surface area contributed by atoms with Crippen molar-refractivity contribution >= 4 is 0 Å². The molecule has 21 fully saturated rings. The molecule has 0 aromatic heterocycles. The smallest absolute Gasteiger partial charge is 0.187 e. The summed E-state index contributed by atoms with van der Waals surface area (Å²) >= 11 is 0. The lowest BCUT2D eigenvalue weighted by Crippen LogP contribution is -2.68. The first-order chi connectivity index (χ1) is 38.5.